The van der Waals surface area contributed by atoms with Crippen LogP contribution in [0.25, 0.3) is 22.3 Å². The van der Waals surface area contributed by atoms with Crippen molar-refractivity contribution in [1.29, 1.82) is 5.26 Å². The van der Waals surface area contributed by atoms with E-state index in [0.717, 1.165) is 54.3 Å². The summed E-state index contributed by atoms with van der Waals surface area (Å²) in [5, 5.41) is 27.2. The number of pyridine rings is 1. The van der Waals surface area contributed by atoms with Crippen molar-refractivity contribution in [2.24, 2.45) is 0 Å². The molecule has 1 aliphatic heterocycles. The van der Waals surface area contributed by atoms with E-state index >= 15 is 0 Å². The highest BCUT2D eigenvalue weighted by atomic mass is 19.4. The Morgan fingerprint density at radius 2 is 2.02 bits per heavy atom. The van der Waals surface area contributed by atoms with Crippen LogP contribution in [0.2, 0.25) is 0 Å². The fraction of sp³-hybridized carbons (Fsp3) is 0.500. The fourth-order valence-corrected chi connectivity index (χ4v) is 6.28. The van der Waals surface area contributed by atoms with Crippen molar-refractivity contribution in [3.05, 3.63) is 54.4 Å². The number of hydrogen-bond acceptors (Lipinski definition) is 9. The Balaban J connectivity index is 1.07. The maximum atomic E-state index is 13.5. The van der Waals surface area contributed by atoms with E-state index < -0.39 is 17.4 Å². The summed E-state index contributed by atoms with van der Waals surface area (Å²) in [6.07, 6.45) is 5.99. The number of halogens is 3. The first-order chi connectivity index (χ1) is 21.3. The molecule has 0 spiro atoms. The number of alkyl halides is 3. The molecule has 14 heteroatoms. The summed E-state index contributed by atoms with van der Waals surface area (Å²) in [4.78, 5) is 17.9. The molecule has 2 aliphatic rings. The summed E-state index contributed by atoms with van der Waals surface area (Å²) in [6, 6.07) is 7.13. The molecular weight excluding hydrogens is 575 g/mol. The van der Waals surface area contributed by atoms with Crippen molar-refractivity contribution >= 4 is 11.0 Å². The van der Waals surface area contributed by atoms with Gasteiger partial charge in [0.2, 0.25) is 5.88 Å². The van der Waals surface area contributed by atoms with Gasteiger partial charge in [0.1, 0.15) is 23.8 Å². The van der Waals surface area contributed by atoms with E-state index in [4.69, 9.17) is 9.84 Å². The lowest BCUT2D eigenvalue weighted by Gasteiger charge is -2.52. The second kappa shape index (κ2) is 12.5. The average molecular weight is 610 g/mol. The Morgan fingerprint density at radius 1 is 1.20 bits per heavy atom. The molecule has 4 aromatic heterocycles. The third-order valence-electron chi connectivity index (χ3n) is 8.61. The lowest BCUT2D eigenvalue weighted by Crippen LogP contribution is -2.58. The zero-order valence-corrected chi connectivity index (χ0v) is 24.1. The number of rotatable bonds is 11. The molecule has 6 rings (SSSR count). The van der Waals surface area contributed by atoms with Crippen LogP contribution >= 0.6 is 0 Å². The van der Waals surface area contributed by atoms with Crippen molar-refractivity contribution in [3.63, 3.8) is 0 Å². The molecule has 0 radical (unpaired) electrons. The first kappa shape index (κ1) is 30.0. The average Bonchev–Trinajstić information content (AvgIpc) is 3.68. The molecule has 0 atom stereocenters. The number of H-pyrrole nitrogens is 1. The molecule has 1 saturated heterocycles. The quantitative estimate of drug-likeness (QED) is 0.215. The van der Waals surface area contributed by atoms with Crippen molar-refractivity contribution in [1.82, 2.24) is 39.9 Å². The number of likely N-dealkylation sites (tertiary alicyclic amines) is 1. The minimum absolute atomic E-state index is 0.0101. The van der Waals surface area contributed by atoms with Gasteiger partial charge in [-0.2, -0.15) is 23.5 Å². The molecule has 11 nitrogen and oxygen atoms in total. The zero-order chi connectivity index (χ0) is 30.7. The Labute approximate surface area is 252 Å². The highest BCUT2D eigenvalue weighted by Gasteiger charge is 2.49. The number of nitriles is 1. The third-order valence-corrected chi connectivity index (χ3v) is 8.61. The minimum Gasteiger partial charge on any atom is -0.474 e. The van der Waals surface area contributed by atoms with Crippen molar-refractivity contribution in [2.75, 3.05) is 26.2 Å². The van der Waals surface area contributed by atoms with Crippen LogP contribution in [0.5, 0.6) is 5.88 Å². The molecule has 0 amide bonds. The number of hydrogen-bond donors (Lipinski definition) is 3. The second-order valence-electron chi connectivity index (χ2n) is 11.6. The van der Waals surface area contributed by atoms with E-state index in [1.165, 1.54) is 6.33 Å². The Bertz CT molecular complexity index is 1620. The van der Waals surface area contributed by atoms with Gasteiger partial charge in [-0.3, -0.25) is 9.58 Å². The van der Waals surface area contributed by atoms with Gasteiger partial charge in [-0.05, 0) is 56.3 Å². The number of aliphatic hydroxyl groups is 1. The minimum atomic E-state index is -4.58. The zero-order valence-electron chi connectivity index (χ0n) is 24.1. The van der Waals surface area contributed by atoms with E-state index in [-0.39, 0.29) is 31.2 Å². The van der Waals surface area contributed by atoms with E-state index in [0.29, 0.717) is 37.8 Å². The van der Waals surface area contributed by atoms with Gasteiger partial charge in [0.25, 0.3) is 0 Å². The van der Waals surface area contributed by atoms with Gasteiger partial charge in [-0.15, -0.1) is 0 Å². The van der Waals surface area contributed by atoms with Crippen LogP contribution in [0, 0.1) is 11.3 Å². The van der Waals surface area contributed by atoms with Gasteiger partial charge in [-0.25, -0.2) is 15.0 Å². The fourth-order valence-electron chi connectivity index (χ4n) is 6.28. The van der Waals surface area contributed by atoms with Crippen LogP contribution in [0.4, 0.5) is 13.2 Å². The van der Waals surface area contributed by atoms with Gasteiger partial charge >= 0.3 is 6.18 Å². The van der Waals surface area contributed by atoms with Gasteiger partial charge in [0.15, 0.2) is 0 Å². The number of aromatic nitrogens is 6. The number of nitrogens with one attached hydrogen (secondary N) is 2. The van der Waals surface area contributed by atoms with Crippen LogP contribution in [0.15, 0.2) is 43.1 Å². The summed E-state index contributed by atoms with van der Waals surface area (Å²) < 4.78 is 48.5. The molecule has 3 N–H and O–H groups in total. The van der Waals surface area contributed by atoms with E-state index in [1.54, 1.807) is 12.3 Å². The molecule has 0 unspecified atom stereocenters. The van der Waals surface area contributed by atoms with E-state index in [1.807, 2.05) is 23.1 Å². The van der Waals surface area contributed by atoms with Crippen LogP contribution in [0.1, 0.15) is 49.8 Å². The summed E-state index contributed by atoms with van der Waals surface area (Å²) in [6.45, 7) is 2.20. The normalized spacial score (nSPS) is 21.3. The lowest BCUT2D eigenvalue weighted by atomic mass is 9.69. The summed E-state index contributed by atoms with van der Waals surface area (Å²) in [5.41, 5.74) is 1.45. The highest BCUT2D eigenvalue weighted by molar-refractivity contribution is 5.90. The number of fused-ring (bicyclic) bond motifs is 1. The first-order valence-corrected chi connectivity index (χ1v) is 14.8. The predicted molar refractivity (Wildman–Crippen MR) is 154 cm³/mol. The van der Waals surface area contributed by atoms with Crippen LogP contribution < -0.4 is 10.1 Å². The van der Waals surface area contributed by atoms with Crippen molar-refractivity contribution in [2.45, 2.75) is 68.9 Å². The third kappa shape index (κ3) is 6.26. The Kier molecular flexibility index (Phi) is 8.53. The van der Waals surface area contributed by atoms with Crippen LogP contribution in [0.3, 0.4) is 0 Å². The SMILES string of the molecule is N#CC[C@]1(n2cc(-c3ncnc4[nH]ccc34)cn2)C[C@@H](N2CCC(Oc3cc(CNCCCO)cc(C(F)(F)F)n3)CC2)C1. The highest BCUT2D eigenvalue weighted by Crippen LogP contribution is 2.45. The van der Waals surface area contributed by atoms with Crippen LogP contribution in [-0.2, 0) is 18.3 Å². The number of piperidine rings is 1. The molecule has 4 aromatic rings. The first-order valence-electron chi connectivity index (χ1n) is 14.8. The van der Waals surface area contributed by atoms with Crippen molar-refractivity contribution in [3.8, 4) is 23.2 Å². The van der Waals surface area contributed by atoms with E-state index in [9.17, 15) is 18.4 Å². The summed E-state index contributed by atoms with van der Waals surface area (Å²) >= 11 is 0. The Morgan fingerprint density at radius 3 is 2.77 bits per heavy atom. The summed E-state index contributed by atoms with van der Waals surface area (Å²) in [7, 11) is 0. The second-order valence-corrected chi connectivity index (χ2v) is 11.6. The maximum absolute atomic E-state index is 13.5. The van der Waals surface area contributed by atoms with Gasteiger partial charge < -0.3 is 20.1 Å². The van der Waals surface area contributed by atoms with Gasteiger partial charge in [0, 0.05) is 61.7 Å². The Hall–Kier alpha value is -4.06. The monoisotopic (exact) mass is 609 g/mol. The standard InChI is InChI=1S/C30H34F3N9O2/c31-30(32,33)25-12-20(16-35-7-1-11-43)13-26(40-25)44-23-3-9-41(10-4-23)22-14-29(15-22,5-6-34)42-18-21(17-39-42)27-24-2-8-36-28(24)38-19-37-27/h2,8,12-13,17-19,22-23,35,43H,1,3-5,7,9-11,14-16H2,(H,36,37,38)/t22-,29+. The molecule has 0 aromatic carbocycles. The molecule has 2 fully saturated rings. The predicted octanol–water partition coefficient (Wildman–Crippen LogP) is 4.02. The molecule has 1 saturated carbocycles. The lowest BCUT2D eigenvalue weighted by molar-refractivity contribution is -0.141. The molecular formula is C30H34F3N9O2. The van der Waals surface area contributed by atoms with Gasteiger partial charge in [-0.1, -0.05) is 0 Å². The number of aliphatic hydroxyl groups excluding tert-OH is 1. The number of nitrogens with zero attached hydrogens (tertiary/aromatic N) is 7. The smallest absolute Gasteiger partial charge is 0.433 e. The largest absolute Gasteiger partial charge is 0.474 e. The van der Waals surface area contributed by atoms with Crippen LogP contribution in [-0.4, -0.2) is 78.1 Å². The number of aromatic amines is 1. The molecule has 44 heavy (non-hydrogen) atoms. The maximum Gasteiger partial charge on any atom is 0.433 e. The molecule has 5 heterocycles. The molecule has 1 aliphatic carbocycles. The molecule has 232 valence electrons. The van der Waals surface area contributed by atoms with Crippen molar-refractivity contribution < 1.29 is 23.0 Å². The topological polar surface area (TPSA) is 141 Å². The number of ether oxygens (including phenoxy) is 1. The summed E-state index contributed by atoms with van der Waals surface area (Å²) in [5.74, 6) is -0.0241. The molecule has 0 bridgehead atoms. The van der Waals surface area contributed by atoms with Gasteiger partial charge in [0.05, 0.1) is 29.9 Å². The van der Waals surface area contributed by atoms with E-state index in [2.05, 4.69) is 41.3 Å².